The van der Waals surface area contributed by atoms with E-state index >= 15 is 0 Å². The van der Waals surface area contributed by atoms with Crippen LogP contribution >= 0.6 is 0 Å². The molecule has 84 heavy (non-hydrogen) atoms. The number of halogens is 6. The van der Waals surface area contributed by atoms with Crippen LogP contribution in [0.2, 0.25) is 25.7 Å². The Hall–Kier alpha value is -8.50. The zero-order chi connectivity index (χ0) is 60.9. The van der Waals surface area contributed by atoms with Crippen molar-refractivity contribution in [2.45, 2.75) is 85.7 Å². The molecule has 0 aliphatic carbocycles. The van der Waals surface area contributed by atoms with Crippen LogP contribution in [0.4, 0.5) is 26.3 Å². The second kappa shape index (κ2) is 27.3. The standard InChI is InChI=1S/C34H40F3N3O5Si.C28H26F3N3O4/c1-33(2,32(41)44-21-24-10-8-7-9-11-24)22-45-26-13-14-27(29(18-26)42-3)28-15-12-25(19-38-28)31-39-30(34(35,36)37)20-40(31)23-43-16-17-46(4,5)6;1-27(2,26(35)37-16-18-7-5-4-6-8-18)17-38-20-10-11-21(23(13-20)36-3)22-12-9-19(14-32-22)25-33-15-24(34-25)28(29,30)31/h7-15,18-20H,16-17,21-23H2,1-6H3;4-15H,16-17H2,1-3H3,(H,33,34). The van der Waals surface area contributed by atoms with E-state index in [1.165, 1.54) is 31.2 Å². The molecule has 0 aliphatic heterocycles. The van der Waals surface area contributed by atoms with Gasteiger partial charge < -0.3 is 42.7 Å². The quantitative estimate of drug-likeness (QED) is 0.0278. The van der Waals surface area contributed by atoms with E-state index in [0.29, 0.717) is 63.2 Å². The molecule has 22 heteroatoms. The van der Waals surface area contributed by atoms with Gasteiger partial charge in [0.05, 0.1) is 42.6 Å². The van der Waals surface area contributed by atoms with Gasteiger partial charge in [0, 0.05) is 67.7 Å². The predicted molar refractivity (Wildman–Crippen MR) is 306 cm³/mol. The first-order valence-corrected chi connectivity index (χ1v) is 30.3. The smallest absolute Gasteiger partial charge is 0.434 e. The molecule has 0 atom stereocenters. The van der Waals surface area contributed by atoms with Gasteiger partial charge in [-0.05, 0) is 93.4 Å². The minimum atomic E-state index is -4.60. The van der Waals surface area contributed by atoms with Gasteiger partial charge in [0.15, 0.2) is 5.69 Å². The third-order valence-electron chi connectivity index (χ3n) is 12.9. The van der Waals surface area contributed by atoms with Crippen LogP contribution in [-0.4, -0.2) is 83.5 Å². The fraction of sp³-hybridized carbons (Fsp3) is 0.323. The van der Waals surface area contributed by atoms with Crippen LogP contribution in [0, 0.1) is 10.8 Å². The Balaban J connectivity index is 0.000000245. The molecule has 8 rings (SSSR count). The molecule has 1 N–H and O–H groups in total. The second-order valence-electron chi connectivity index (χ2n) is 22.0. The van der Waals surface area contributed by atoms with Gasteiger partial charge in [0.2, 0.25) is 0 Å². The molecule has 4 heterocycles. The number of carbonyl (C=O) groups is 2. The summed E-state index contributed by atoms with van der Waals surface area (Å²) in [5.41, 5.74) is 1.28. The summed E-state index contributed by atoms with van der Waals surface area (Å²) in [6, 6.07) is 36.7. The molecule has 0 unspecified atom stereocenters. The normalized spacial score (nSPS) is 12.0. The highest BCUT2D eigenvalue weighted by atomic mass is 28.3. The van der Waals surface area contributed by atoms with Crippen LogP contribution in [0.1, 0.15) is 50.2 Å². The Labute approximate surface area is 484 Å². The number of methoxy groups -OCH3 is 2. The number of esters is 2. The van der Waals surface area contributed by atoms with Crippen molar-refractivity contribution in [2.24, 2.45) is 10.8 Å². The van der Waals surface area contributed by atoms with Gasteiger partial charge in [0.25, 0.3) is 0 Å². The summed E-state index contributed by atoms with van der Waals surface area (Å²) in [4.78, 5) is 44.1. The van der Waals surface area contributed by atoms with E-state index in [2.05, 4.69) is 44.6 Å². The van der Waals surface area contributed by atoms with Crippen LogP contribution in [0.3, 0.4) is 0 Å². The molecule has 4 aromatic heterocycles. The maximum Gasteiger partial charge on any atom is 0.434 e. The number of aromatic nitrogens is 6. The molecule has 15 nitrogen and oxygen atoms in total. The van der Waals surface area contributed by atoms with Gasteiger partial charge in [-0.2, -0.15) is 26.3 Å². The van der Waals surface area contributed by atoms with Crippen LogP contribution in [-0.2, 0) is 56.1 Å². The number of hydrogen-bond donors (Lipinski definition) is 1. The highest BCUT2D eigenvalue weighted by Crippen LogP contribution is 2.37. The van der Waals surface area contributed by atoms with Crippen molar-refractivity contribution in [2.75, 3.05) is 34.0 Å². The molecule has 4 aromatic carbocycles. The number of aromatic amines is 1. The lowest BCUT2D eigenvalue weighted by molar-refractivity contribution is -0.157. The molecular weight excluding hydrogens is 1110 g/mol. The first-order valence-electron chi connectivity index (χ1n) is 26.5. The zero-order valence-electron chi connectivity index (χ0n) is 48.0. The van der Waals surface area contributed by atoms with Crippen molar-refractivity contribution in [3.8, 4) is 68.3 Å². The van der Waals surface area contributed by atoms with E-state index in [9.17, 15) is 35.9 Å². The Kier molecular flexibility index (Phi) is 20.5. The van der Waals surface area contributed by atoms with E-state index in [4.69, 9.17) is 33.2 Å². The van der Waals surface area contributed by atoms with E-state index in [0.717, 1.165) is 29.6 Å². The second-order valence-corrected chi connectivity index (χ2v) is 27.6. The van der Waals surface area contributed by atoms with Crippen LogP contribution in [0.15, 0.2) is 146 Å². The Morgan fingerprint density at radius 1 is 0.595 bits per heavy atom. The SMILES string of the molecule is COc1cc(OCC(C)(C)C(=O)OCc2ccccc2)ccc1-c1ccc(-c2nc(C(F)(F)F)cn2COCC[Si](C)(C)C)cn1.COc1cc(OCC(C)(C)C(=O)OCc2ccccc2)ccc1-c1ccc(-c2ncc(C(F)(F)F)[nH]2)cn1. The first kappa shape index (κ1) is 63.1. The molecule has 8 aromatic rings. The number of nitrogens with zero attached hydrogens (tertiary/aromatic N) is 5. The highest BCUT2D eigenvalue weighted by molar-refractivity contribution is 6.76. The molecule has 0 aliphatic rings. The fourth-order valence-electron chi connectivity index (χ4n) is 7.84. The van der Waals surface area contributed by atoms with Gasteiger partial charge in [-0.15, -0.1) is 0 Å². The molecule has 0 radical (unpaired) electrons. The molecule has 0 bridgehead atoms. The van der Waals surface area contributed by atoms with Crippen molar-refractivity contribution in [1.29, 1.82) is 0 Å². The number of hydrogen-bond acceptors (Lipinski definition) is 13. The summed E-state index contributed by atoms with van der Waals surface area (Å²) in [5.74, 6) is 1.33. The third kappa shape index (κ3) is 17.5. The Morgan fingerprint density at radius 2 is 1.08 bits per heavy atom. The minimum Gasteiger partial charge on any atom is -0.496 e. The number of pyridine rings is 2. The van der Waals surface area contributed by atoms with Gasteiger partial charge in [-0.3, -0.25) is 19.6 Å². The van der Waals surface area contributed by atoms with E-state index in [1.54, 1.807) is 88.4 Å². The summed E-state index contributed by atoms with van der Waals surface area (Å²) < 4.78 is 120. The van der Waals surface area contributed by atoms with Crippen molar-refractivity contribution in [3.63, 3.8) is 0 Å². The molecular formula is C62H66F6N6O9Si. The van der Waals surface area contributed by atoms with Gasteiger partial charge >= 0.3 is 24.3 Å². The Bertz CT molecular complexity index is 3440. The average molecular weight is 1180 g/mol. The minimum absolute atomic E-state index is 0.0541. The topological polar surface area (TPSA) is 171 Å². The number of nitrogens with one attached hydrogen (secondary N) is 1. The van der Waals surface area contributed by atoms with Crippen molar-refractivity contribution >= 4 is 20.0 Å². The van der Waals surface area contributed by atoms with Crippen LogP contribution in [0.25, 0.3) is 45.3 Å². The number of carbonyl (C=O) groups excluding carboxylic acids is 2. The lowest BCUT2D eigenvalue weighted by Gasteiger charge is -2.23. The third-order valence-corrected chi connectivity index (χ3v) is 14.6. The fourth-order valence-corrected chi connectivity index (χ4v) is 8.60. The summed E-state index contributed by atoms with van der Waals surface area (Å²) in [7, 11) is 1.66. The largest absolute Gasteiger partial charge is 0.496 e. The summed E-state index contributed by atoms with van der Waals surface area (Å²) in [5, 5.41) is 0. The molecule has 0 amide bonds. The summed E-state index contributed by atoms with van der Waals surface area (Å²) >= 11 is 0. The predicted octanol–water partition coefficient (Wildman–Crippen LogP) is 14.4. The number of benzene rings is 4. The number of imidazole rings is 2. The first-order chi connectivity index (χ1) is 39.7. The zero-order valence-corrected chi connectivity index (χ0v) is 49.0. The number of alkyl halides is 6. The van der Waals surface area contributed by atoms with E-state index < -0.39 is 42.6 Å². The van der Waals surface area contributed by atoms with Gasteiger partial charge in [0.1, 0.15) is 73.5 Å². The van der Waals surface area contributed by atoms with Gasteiger partial charge in [-0.25, -0.2) is 9.97 Å². The van der Waals surface area contributed by atoms with E-state index in [-0.39, 0.29) is 56.7 Å². The maximum atomic E-state index is 13.5. The summed E-state index contributed by atoms with van der Waals surface area (Å²) in [6.07, 6.45) is -4.49. The Morgan fingerprint density at radius 3 is 1.50 bits per heavy atom. The number of H-pyrrole nitrogens is 1. The van der Waals surface area contributed by atoms with E-state index in [1.807, 2.05) is 60.7 Å². The maximum absolute atomic E-state index is 13.5. The monoisotopic (exact) mass is 1180 g/mol. The number of rotatable bonds is 23. The van der Waals surface area contributed by atoms with Crippen LogP contribution < -0.4 is 18.9 Å². The van der Waals surface area contributed by atoms with Crippen molar-refractivity contribution < 1.29 is 69.1 Å². The lowest BCUT2D eigenvalue weighted by Crippen LogP contribution is -2.32. The molecule has 444 valence electrons. The lowest BCUT2D eigenvalue weighted by atomic mass is 9.95. The van der Waals surface area contributed by atoms with Crippen LogP contribution in [0.5, 0.6) is 23.0 Å². The van der Waals surface area contributed by atoms with Gasteiger partial charge in [-0.1, -0.05) is 80.3 Å². The molecule has 0 saturated carbocycles. The molecule has 0 fully saturated rings. The average Bonchev–Trinajstić information content (AvgIpc) is 3.96. The molecule has 0 spiro atoms. The van der Waals surface area contributed by atoms with Crippen molar-refractivity contribution in [1.82, 2.24) is 29.5 Å². The molecule has 0 saturated heterocycles. The highest BCUT2D eigenvalue weighted by Gasteiger charge is 2.36. The van der Waals surface area contributed by atoms with Crippen molar-refractivity contribution in [3.05, 3.63) is 169 Å². The number of ether oxygens (including phenoxy) is 7. The summed E-state index contributed by atoms with van der Waals surface area (Å²) in [6.45, 7) is 14.5.